The Kier molecular flexibility index (Phi) is 4.00. The largest absolute Gasteiger partial charge is 0.399 e. The lowest BCUT2D eigenvalue weighted by atomic mass is 10.1. The Morgan fingerprint density at radius 3 is 2.59 bits per heavy atom. The summed E-state index contributed by atoms with van der Waals surface area (Å²) in [7, 11) is 0. The highest BCUT2D eigenvalue weighted by atomic mass is 16.1. The molecule has 4 N–H and O–H groups in total. The number of hydrogen-bond donors (Lipinski definition) is 3. The van der Waals surface area contributed by atoms with Crippen LogP contribution in [0, 0.1) is 0 Å². The summed E-state index contributed by atoms with van der Waals surface area (Å²) in [6.45, 7) is 2.08. The van der Waals surface area contributed by atoms with Crippen LogP contribution in [0.15, 0.2) is 48.5 Å². The minimum absolute atomic E-state index is 0.0578. The molecule has 3 rings (SSSR count). The van der Waals surface area contributed by atoms with Crippen molar-refractivity contribution in [3.05, 3.63) is 59.7 Å². The van der Waals surface area contributed by atoms with Crippen LogP contribution in [-0.2, 0) is 0 Å². The SMILES string of the molecule is CC(Nc1ccc(N)cc1C(=O)NC1CC1)c1ccccc1. The Balaban J connectivity index is 1.81. The first-order valence-corrected chi connectivity index (χ1v) is 7.65. The maximum Gasteiger partial charge on any atom is 0.253 e. The van der Waals surface area contributed by atoms with Crippen LogP contribution in [0.25, 0.3) is 0 Å². The summed E-state index contributed by atoms with van der Waals surface area (Å²) in [5, 5.41) is 6.43. The van der Waals surface area contributed by atoms with Crippen molar-refractivity contribution in [2.75, 3.05) is 11.1 Å². The molecule has 1 fully saturated rings. The molecule has 22 heavy (non-hydrogen) atoms. The van der Waals surface area contributed by atoms with Gasteiger partial charge < -0.3 is 16.4 Å². The maximum atomic E-state index is 12.4. The zero-order chi connectivity index (χ0) is 15.5. The highest BCUT2D eigenvalue weighted by Gasteiger charge is 2.25. The molecule has 114 valence electrons. The van der Waals surface area contributed by atoms with E-state index in [1.807, 2.05) is 30.3 Å². The van der Waals surface area contributed by atoms with Gasteiger partial charge in [0.25, 0.3) is 5.91 Å². The normalized spacial score (nSPS) is 15.1. The minimum Gasteiger partial charge on any atom is -0.399 e. The van der Waals surface area contributed by atoms with Crippen molar-refractivity contribution in [3.63, 3.8) is 0 Å². The second-order valence-electron chi connectivity index (χ2n) is 5.83. The number of carbonyl (C=O) groups is 1. The topological polar surface area (TPSA) is 67.1 Å². The van der Waals surface area contributed by atoms with Crippen LogP contribution < -0.4 is 16.4 Å². The van der Waals surface area contributed by atoms with Gasteiger partial charge in [0, 0.05) is 23.5 Å². The van der Waals surface area contributed by atoms with E-state index >= 15 is 0 Å². The van der Waals surface area contributed by atoms with Gasteiger partial charge in [-0.2, -0.15) is 0 Å². The van der Waals surface area contributed by atoms with Gasteiger partial charge in [0.15, 0.2) is 0 Å². The third kappa shape index (κ3) is 3.39. The first-order valence-electron chi connectivity index (χ1n) is 7.65. The first kappa shape index (κ1) is 14.4. The van der Waals surface area contributed by atoms with E-state index in [1.165, 1.54) is 5.56 Å². The van der Waals surface area contributed by atoms with Crippen LogP contribution in [0.4, 0.5) is 11.4 Å². The smallest absolute Gasteiger partial charge is 0.253 e. The molecule has 0 aliphatic heterocycles. The Hall–Kier alpha value is -2.49. The molecule has 4 heteroatoms. The predicted octanol–water partition coefficient (Wildman–Crippen LogP) is 3.33. The standard InChI is InChI=1S/C18H21N3O/c1-12(13-5-3-2-4-6-13)20-17-10-7-14(19)11-16(17)18(22)21-15-8-9-15/h2-7,10-12,15,20H,8-9,19H2,1H3,(H,21,22). The van der Waals surface area contributed by atoms with Crippen molar-refractivity contribution in [2.45, 2.75) is 31.8 Å². The number of amides is 1. The van der Waals surface area contributed by atoms with Gasteiger partial charge >= 0.3 is 0 Å². The average Bonchev–Trinajstić information content (AvgIpc) is 3.33. The summed E-state index contributed by atoms with van der Waals surface area (Å²) in [5.74, 6) is -0.0578. The van der Waals surface area contributed by atoms with Gasteiger partial charge in [-0.3, -0.25) is 4.79 Å². The molecule has 2 aromatic rings. The van der Waals surface area contributed by atoms with Crippen LogP contribution >= 0.6 is 0 Å². The van der Waals surface area contributed by atoms with E-state index in [-0.39, 0.29) is 11.9 Å². The van der Waals surface area contributed by atoms with E-state index in [9.17, 15) is 4.79 Å². The summed E-state index contributed by atoms with van der Waals surface area (Å²) in [6.07, 6.45) is 2.13. The monoisotopic (exact) mass is 295 g/mol. The highest BCUT2D eigenvalue weighted by Crippen LogP contribution is 2.26. The van der Waals surface area contributed by atoms with Gasteiger partial charge in [0.05, 0.1) is 5.56 Å². The lowest BCUT2D eigenvalue weighted by Gasteiger charge is -2.18. The van der Waals surface area contributed by atoms with Gasteiger partial charge in [-0.25, -0.2) is 0 Å². The van der Waals surface area contributed by atoms with Crippen LogP contribution in [0.1, 0.15) is 41.7 Å². The lowest BCUT2D eigenvalue weighted by molar-refractivity contribution is 0.0952. The second kappa shape index (κ2) is 6.10. The zero-order valence-corrected chi connectivity index (χ0v) is 12.7. The van der Waals surface area contributed by atoms with Gasteiger partial charge in [0.2, 0.25) is 0 Å². The van der Waals surface area contributed by atoms with E-state index in [1.54, 1.807) is 6.07 Å². The van der Waals surface area contributed by atoms with Crippen LogP contribution in [-0.4, -0.2) is 11.9 Å². The number of benzene rings is 2. The van der Waals surface area contributed by atoms with E-state index < -0.39 is 0 Å². The van der Waals surface area contributed by atoms with Crippen molar-refractivity contribution >= 4 is 17.3 Å². The Bertz CT molecular complexity index is 665. The van der Waals surface area contributed by atoms with Gasteiger partial charge in [-0.15, -0.1) is 0 Å². The molecule has 1 aliphatic carbocycles. The van der Waals surface area contributed by atoms with Crippen LogP contribution in [0.2, 0.25) is 0 Å². The molecule has 1 amide bonds. The molecule has 0 aromatic heterocycles. The number of anilines is 2. The van der Waals surface area contributed by atoms with Crippen molar-refractivity contribution in [3.8, 4) is 0 Å². The van der Waals surface area contributed by atoms with Crippen molar-refractivity contribution in [2.24, 2.45) is 0 Å². The Labute approximate surface area is 130 Å². The molecule has 0 spiro atoms. The lowest BCUT2D eigenvalue weighted by Crippen LogP contribution is -2.26. The fraction of sp³-hybridized carbons (Fsp3) is 0.278. The number of hydrogen-bond acceptors (Lipinski definition) is 3. The molecular formula is C18H21N3O. The molecule has 0 saturated heterocycles. The van der Waals surface area contributed by atoms with E-state index in [0.29, 0.717) is 17.3 Å². The molecule has 0 bridgehead atoms. The summed E-state index contributed by atoms with van der Waals surface area (Å²) in [4.78, 5) is 12.4. The number of nitrogens with two attached hydrogens (primary N) is 1. The molecule has 2 aromatic carbocycles. The Morgan fingerprint density at radius 1 is 1.18 bits per heavy atom. The molecule has 1 atom stereocenters. The fourth-order valence-electron chi connectivity index (χ4n) is 2.42. The van der Waals surface area contributed by atoms with Crippen molar-refractivity contribution in [1.29, 1.82) is 0 Å². The number of carbonyl (C=O) groups excluding carboxylic acids is 1. The van der Waals surface area contributed by atoms with Crippen molar-refractivity contribution < 1.29 is 4.79 Å². The van der Waals surface area contributed by atoms with Crippen LogP contribution in [0.3, 0.4) is 0 Å². The predicted molar refractivity (Wildman–Crippen MR) is 89.8 cm³/mol. The summed E-state index contributed by atoms with van der Waals surface area (Å²) in [6, 6.07) is 16.0. The van der Waals surface area contributed by atoms with E-state index in [4.69, 9.17) is 5.73 Å². The zero-order valence-electron chi connectivity index (χ0n) is 12.7. The number of nitrogens with one attached hydrogen (secondary N) is 2. The van der Waals surface area contributed by atoms with Crippen molar-refractivity contribution in [1.82, 2.24) is 5.32 Å². The first-order chi connectivity index (χ1) is 10.6. The van der Waals surface area contributed by atoms with Gasteiger partial charge in [-0.05, 0) is 43.5 Å². The van der Waals surface area contributed by atoms with Gasteiger partial charge in [-0.1, -0.05) is 30.3 Å². The van der Waals surface area contributed by atoms with Gasteiger partial charge in [0.1, 0.15) is 0 Å². The molecule has 0 heterocycles. The maximum absolute atomic E-state index is 12.4. The molecule has 1 aliphatic rings. The summed E-state index contributed by atoms with van der Waals surface area (Å²) < 4.78 is 0. The fourth-order valence-corrected chi connectivity index (χ4v) is 2.42. The van der Waals surface area contributed by atoms with E-state index in [2.05, 4.69) is 29.7 Å². The number of nitrogen functional groups attached to an aromatic ring is 1. The molecule has 4 nitrogen and oxygen atoms in total. The third-order valence-electron chi connectivity index (χ3n) is 3.87. The molecule has 1 saturated carbocycles. The minimum atomic E-state index is -0.0578. The van der Waals surface area contributed by atoms with Crippen LogP contribution in [0.5, 0.6) is 0 Å². The average molecular weight is 295 g/mol. The second-order valence-corrected chi connectivity index (χ2v) is 5.83. The summed E-state index contributed by atoms with van der Waals surface area (Å²) in [5.41, 5.74) is 9.03. The highest BCUT2D eigenvalue weighted by molar-refractivity contribution is 6.00. The quantitative estimate of drug-likeness (QED) is 0.741. The molecule has 0 radical (unpaired) electrons. The number of rotatable bonds is 5. The molecule has 1 unspecified atom stereocenters. The molecular weight excluding hydrogens is 274 g/mol. The summed E-state index contributed by atoms with van der Waals surface area (Å²) >= 11 is 0. The van der Waals surface area contributed by atoms with E-state index in [0.717, 1.165) is 18.5 Å². The Morgan fingerprint density at radius 2 is 1.91 bits per heavy atom. The third-order valence-corrected chi connectivity index (χ3v) is 3.87.